The number of hydrogen-bond donors (Lipinski definition) is 1. The standard InChI is InChI=1S/C14H23N3/c1-4-12-11(15)9-16-13(17-12)10-5-7-14(2,3)8-6-10/h9-10H,4-8,15H2,1-3H3. The molecule has 0 bridgehead atoms. The molecule has 0 radical (unpaired) electrons. The van der Waals surface area contributed by atoms with E-state index in [4.69, 9.17) is 5.73 Å². The largest absolute Gasteiger partial charge is 0.396 e. The highest BCUT2D eigenvalue weighted by Gasteiger charge is 2.29. The lowest BCUT2D eigenvalue weighted by molar-refractivity contribution is 0.220. The van der Waals surface area contributed by atoms with Gasteiger partial charge in [0.25, 0.3) is 0 Å². The van der Waals surface area contributed by atoms with Gasteiger partial charge in [0.05, 0.1) is 17.6 Å². The van der Waals surface area contributed by atoms with Crippen LogP contribution in [0, 0.1) is 5.41 Å². The average molecular weight is 233 g/mol. The third-order valence-corrected chi connectivity index (χ3v) is 3.96. The predicted molar refractivity (Wildman–Crippen MR) is 70.8 cm³/mol. The Balaban J connectivity index is 2.13. The number of hydrogen-bond acceptors (Lipinski definition) is 3. The maximum Gasteiger partial charge on any atom is 0.131 e. The van der Waals surface area contributed by atoms with Crippen LogP contribution in [0.25, 0.3) is 0 Å². The van der Waals surface area contributed by atoms with Crippen molar-refractivity contribution >= 4 is 5.69 Å². The number of aryl methyl sites for hydroxylation is 1. The fourth-order valence-electron chi connectivity index (χ4n) is 2.58. The van der Waals surface area contributed by atoms with Crippen LogP contribution >= 0.6 is 0 Å². The van der Waals surface area contributed by atoms with E-state index in [-0.39, 0.29) is 0 Å². The van der Waals surface area contributed by atoms with E-state index in [1.165, 1.54) is 25.7 Å². The zero-order valence-electron chi connectivity index (χ0n) is 11.2. The van der Waals surface area contributed by atoms with E-state index in [1.54, 1.807) is 6.20 Å². The average Bonchev–Trinajstić information content (AvgIpc) is 2.30. The molecule has 0 aliphatic heterocycles. The van der Waals surface area contributed by atoms with Gasteiger partial charge in [-0.2, -0.15) is 0 Å². The predicted octanol–water partition coefficient (Wildman–Crippen LogP) is 3.31. The van der Waals surface area contributed by atoms with Gasteiger partial charge in [-0.1, -0.05) is 20.8 Å². The Morgan fingerprint density at radius 3 is 2.59 bits per heavy atom. The van der Waals surface area contributed by atoms with Gasteiger partial charge >= 0.3 is 0 Å². The Bertz CT molecular complexity index is 388. The summed E-state index contributed by atoms with van der Waals surface area (Å²) in [6.45, 7) is 6.79. The second-order valence-electron chi connectivity index (χ2n) is 5.92. The second-order valence-corrected chi connectivity index (χ2v) is 5.92. The van der Waals surface area contributed by atoms with Crippen molar-refractivity contribution in [1.29, 1.82) is 0 Å². The number of rotatable bonds is 2. The Hall–Kier alpha value is -1.12. The van der Waals surface area contributed by atoms with Crippen molar-refractivity contribution in [2.24, 2.45) is 5.41 Å². The highest BCUT2D eigenvalue weighted by Crippen LogP contribution is 2.41. The fourth-order valence-corrected chi connectivity index (χ4v) is 2.58. The molecular weight excluding hydrogens is 210 g/mol. The number of anilines is 1. The van der Waals surface area contributed by atoms with Crippen molar-refractivity contribution in [1.82, 2.24) is 9.97 Å². The molecule has 3 heteroatoms. The monoisotopic (exact) mass is 233 g/mol. The summed E-state index contributed by atoms with van der Waals surface area (Å²) in [6, 6.07) is 0. The van der Waals surface area contributed by atoms with Gasteiger partial charge in [-0.3, -0.25) is 0 Å². The molecule has 2 rings (SSSR count). The van der Waals surface area contributed by atoms with Crippen LogP contribution in [0.4, 0.5) is 5.69 Å². The number of aromatic nitrogens is 2. The molecule has 1 saturated carbocycles. The van der Waals surface area contributed by atoms with E-state index in [2.05, 4.69) is 30.7 Å². The molecule has 3 nitrogen and oxygen atoms in total. The minimum atomic E-state index is 0.498. The normalized spacial score (nSPS) is 20.4. The van der Waals surface area contributed by atoms with Crippen LogP contribution in [-0.4, -0.2) is 9.97 Å². The van der Waals surface area contributed by atoms with E-state index in [0.717, 1.165) is 23.6 Å². The van der Waals surface area contributed by atoms with Gasteiger partial charge in [0.15, 0.2) is 0 Å². The lowest BCUT2D eigenvalue weighted by atomic mass is 9.73. The lowest BCUT2D eigenvalue weighted by Gasteiger charge is -2.33. The molecule has 1 aromatic rings. The van der Waals surface area contributed by atoms with Crippen molar-refractivity contribution in [2.45, 2.75) is 58.8 Å². The Labute approximate surface area is 104 Å². The molecule has 1 aromatic heterocycles. The summed E-state index contributed by atoms with van der Waals surface area (Å²) >= 11 is 0. The molecule has 1 heterocycles. The molecular formula is C14H23N3. The van der Waals surface area contributed by atoms with Gasteiger partial charge in [0.2, 0.25) is 0 Å². The SMILES string of the molecule is CCc1nc(C2CCC(C)(C)CC2)ncc1N. The summed E-state index contributed by atoms with van der Waals surface area (Å²) in [5.41, 5.74) is 8.07. The van der Waals surface area contributed by atoms with Crippen molar-refractivity contribution < 1.29 is 0 Å². The Kier molecular flexibility index (Phi) is 3.36. The summed E-state index contributed by atoms with van der Waals surface area (Å²) in [4.78, 5) is 9.05. The quantitative estimate of drug-likeness (QED) is 0.852. The molecule has 17 heavy (non-hydrogen) atoms. The summed E-state index contributed by atoms with van der Waals surface area (Å²) in [6.07, 6.45) is 7.63. The first-order valence-electron chi connectivity index (χ1n) is 6.63. The summed E-state index contributed by atoms with van der Waals surface area (Å²) in [5.74, 6) is 1.54. The topological polar surface area (TPSA) is 51.8 Å². The second kappa shape index (κ2) is 4.63. The third-order valence-electron chi connectivity index (χ3n) is 3.96. The maximum atomic E-state index is 5.85. The van der Waals surface area contributed by atoms with Crippen LogP contribution in [0.1, 0.15) is 63.9 Å². The molecule has 2 N–H and O–H groups in total. The maximum absolute atomic E-state index is 5.85. The molecule has 1 aliphatic carbocycles. The van der Waals surface area contributed by atoms with Gasteiger partial charge in [0, 0.05) is 5.92 Å². The minimum absolute atomic E-state index is 0.498. The van der Waals surface area contributed by atoms with Gasteiger partial charge < -0.3 is 5.73 Å². The fraction of sp³-hybridized carbons (Fsp3) is 0.714. The van der Waals surface area contributed by atoms with Gasteiger partial charge in [-0.25, -0.2) is 9.97 Å². The molecule has 0 atom stereocenters. The van der Waals surface area contributed by atoms with Crippen molar-refractivity contribution in [3.05, 3.63) is 17.7 Å². The zero-order valence-corrected chi connectivity index (χ0v) is 11.2. The van der Waals surface area contributed by atoms with Crippen LogP contribution < -0.4 is 5.73 Å². The molecule has 0 amide bonds. The van der Waals surface area contributed by atoms with Crippen LogP contribution in [0.3, 0.4) is 0 Å². The number of nitrogen functional groups attached to an aromatic ring is 1. The van der Waals surface area contributed by atoms with Crippen molar-refractivity contribution in [3.8, 4) is 0 Å². The van der Waals surface area contributed by atoms with Crippen LogP contribution in [-0.2, 0) is 6.42 Å². The number of nitrogens with two attached hydrogens (primary N) is 1. The molecule has 94 valence electrons. The van der Waals surface area contributed by atoms with Crippen LogP contribution in [0.15, 0.2) is 6.20 Å². The van der Waals surface area contributed by atoms with Crippen LogP contribution in [0.2, 0.25) is 0 Å². The highest BCUT2D eigenvalue weighted by atomic mass is 14.9. The third kappa shape index (κ3) is 2.76. The smallest absolute Gasteiger partial charge is 0.131 e. The van der Waals surface area contributed by atoms with Crippen molar-refractivity contribution in [2.75, 3.05) is 5.73 Å². The van der Waals surface area contributed by atoms with E-state index >= 15 is 0 Å². The first-order valence-corrected chi connectivity index (χ1v) is 6.63. The molecule has 0 spiro atoms. The van der Waals surface area contributed by atoms with Gasteiger partial charge in [-0.05, 0) is 37.5 Å². The highest BCUT2D eigenvalue weighted by molar-refractivity contribution is 5.40. The summed E-state index contributed by atoms with van der Waals surface area (Å²) in [5, 5.41) is 0. The zero-order chi connectivity index (χ0) is 12.5. The Morgan fingerprint density at radius 2 is 2.00 bits per heavy atom. The molecule has 0 aromatic carbocycles. The molecule has 1 fully saturated rings. The van der Waals surface area contributed by atoms with Crippen molar-refractivity contribution in [3.63, 3.8) is 0 Å². The van der Waals surface area contributed by atoms with Crippen LogP contribution in [0.5, 0.6) is 0 Å². The van der Waals surface area contributed by atoms with Gasteiger partial charge in [-0.15, -0.1) is 0 Å². The molecule has 0 unspecified atom stereocenters. The first kappa shape index (κ1) is 12.3. The van der Waals surface area contributed by atoms with Gasteiger partial charge in [0.1, 0.15) is 5.82 Å². The summed E-state index contributed by atoms with van der Waals surface area (Å²) < 4.78 is 0. The lowest BCUT2D eigenvalue weighted by Crippen LogP contribution is -2.21. The van der Waals surface area contributed by atoms with E-state index < -0.39 is 0 Å². The van der Waals surface area contributed by atoms with E-state index in [1.807, 2.05) is 0 Å². The minimum Gasteiger partial charge on any atom is -0.396 e. The summed E-state index contributed by atoms with van der Waals surface area (Å²) in [7, 11) is 0. The van der Waals surface area contributed by atoms with E-state index in [0.29, 0.717) is 11.3 Å². The van der Waals surface area contributed by atoms with E-state index in [9.17, 15) is 0 Å². The Morgan fingerprint density at radius 1 is 1.35 bits per heavy atom. The number of nitrogens with zero attached hydrogens (tertiary/aromatic N) is 2. The first-order chi connectivity index (χ1) is 8.02. The molecule has 1 aliphatic rings. The molecule has 0 saturated heterocycles.